The average molecular weight is 539 g/mol. The molecule has 1 saturated carbocycles. The summed E-state index contributed by atoms with van der Waals surface area (Å²) in [4.78, 5) is 0. The highest BCUT2D eigenvalue weighted by Gasteiger charge is 2.18. The third-order valence-electron chi connectivity index (χ3n) is 6.08. The van der Waals surface area contributed by atoms with Crippen LogP contribution in [0, 0.1) is 11.2 Å². The SMILES string of the molecule is C1CC1.CCOP(C)CCc1cccc(OCc2ccc(-c3cc(OC)ccc3F)c(CC(C)(C)C)c2)c1. The predicted molar refractivity (Wildman–Crippen MR) is 159 cm³/mol. The highest BCUT2D eigenvalue weighted by molar-refractivity contribution is 7.51. The number of aryl methyl sites for hydroxylation is 1. The van der Waals surface area contributed by atoms with Crippen molar-refractivity contribution in [2.75, 3.05) is 26.5 Å². The molecule has 38 heavy (non-hydrogen) atoms. The van der Waals surface area contributed by atoms with Crippen molar-refractivity contribution in [3.05, 3.63) is 83.2 Å². The monoisotopic (exact) mass is 538 g/mol. The first-order valence-electron chi connectivity index (χ1n) is 13.7. The molecule has 0 heterocycles. The van der Waals surface area contributed by atoms with E-state index in [1.54, 1.807) is 19.2 Å². The van der Waals surface area contributed by atoms with E-state index >= 15 is 0 Å². The molecule has 4 rings (SSSR count). The lowest BCUT2D eigenvalue weighted by Gasteiger charge is -2.22. The van der Waals surface area contributed by atoms with Gasteiger partial charge in [-0.3, -0.25) is 0 Å². The van der Waals surface area contributed by atoms with Crippen LogP contribution >= 0.6 is 8.15 Å². The minimum Gasteiger partial charge on any atom is -0.497 e. The van der Waals surface area contributed by atoms with Crippen LogP contribution in [-0.2, 0) is 24.0 Å². The quantitative estimate of drug-likeness (QED) is 0.228. The largest absolute Gasteiger partial charge is 0.497 e. The second-order valence-electron chi connectivity index (χ2n) is 11.1. The Balaban J connectivity index is 0.00000124. The standard InChI is InChI=1S/C30H38FO3P.C3H6/c1-7-34-35(6)16-15-22-9-8-10-26(18-22)33-21-23-11-13-27(24(17-23)20-30(2,3)4)28-19-25(32-5)12-14-29(28)31;1-2-3-1/h8-14,17-19H,7,15-16,20-21H2,1-6H3;1-3H2. The molecule has 1 atom stereocenters. The van der Waals surface area contributed by atoms with Gasteiger partial charge in [-0.05, 0) is 90.6 Å². The van der Waals surface area contributed by atoms with E-state index in [1.165, 1.54) is 30.9 Å². The van der Waals surface area contributed by atoms with Crippen molar-refractivity contribution in [1.82, 2.24) is 0 Å². The Kier molecular flexibility index (Phi) is 11.6. The third kappa shape index (κ3) is 10.4. The van der Waals surface area contributed by atoms with Gasteiger partial charge in [0.25, 0.3) is 0 Å². The summed E-state index contributed by atoms with van der Waals surface area (Å²) in [5.74, 6) is 1.26. The lowest BCUT2D eigenvalue weighted by Crippen LogP contribution is -2.11. The predicted octanol–water partition coefficient (Wildman–Crippen LogP) is 9.44. The van der Waals surface area contributed by atoms with Gasteiger partial charge < -0.3 is 14.0 Å². The third-order valence-corrected chi connectivity index (χ3v) is 7.63. The number of benzene rings is 3. The summed E-state index contributed by atoms with van der Waals surface area (Å²) < 4.78 is 32.0. The van der Waals surface area contributed by atoms with Crippen LogP contribution in [0.25, 0.3) is 11.1 Å². The van der Waals surface area contributed by atoms with Crippen molar-refractivity contribution < 1.29 is 18.4 Å². The molecule has 1 aliphatic rings. The number of methoxy groups -OCH3 is 1. The molecule has 5 heteroatoms. The van der Waals surface area contributed by atoms with Gasteiger partial charge in [0, 0.05) is 20.3 Å². The minimum atomic E-state index is -0.377. The molecule has 0 N–H and O–H groups in total. The summed E-state index contributed by atoms with van der Waals surface area (Å²) in [5.41, 5.74) is 4.94. The molecule has 0 saturated heterocycles. The molecular weight excluding hydrogens is 494 g/mol. The zero-order chi connectivity index (χ0) is 27.5. The summed E-state index contributed by atoms with van der Waals surface area (Å²) in [6.07, 6.45) is 7.35. The maximum Gasteiger partial charge on any atom is 0.131 e. The lowest BCUT2D eigenvalue weighted by atomic mass is 9.84. The molecule has 0 aromatic heterocycles. The molecule has 1 fully saturated rings. The van der Waals surface area contributed by atoms with Crippen molar-refractivity contribution in [1.29, 1.82) is 0 Å². The Morgan fingerprint density at radius 3 is 2.29 bits per heavy atom. The summed E-state index contributed by atoms with van der Waals surface area (Å²) in [7, 11) is 1.22. The first-order chi connectivity index (χ1) is 18.2. The summed E-state index contributed by atoms with van der Waals surface area (Å²) >= 11 is 0. The highest BCUT2D eigenvalue weighted by Crippen LogP contribution is 2.35. The van der Waals surface area contributed by atoms with Crippen molar-refractivity contribution in [3.63, 3.8) is 0 Å². The molecule has 0 aliphatic heterocycles. The molecule has 0 spiro atoms. The van der Waals surface area contributed by atoms with Gasteiger partial charge in [0.05, 0.1) is 7.11 Å². The topological polar surface area (TPSA) is 27.7 Å². The van der Waals surface area contributed by atoms with E-state index < -0.39 is 0 Å². The summed E-state index contributed by atoms with van der Waals surface area (Å²) in [6.45, 7) is 12.0. The smallest absolute Gasteiger partial charge is 0.131 e. The van der Waals surface area contributed by atoms with E-state index in [0.717, 1.165) is 48.1 Å². The minimum absolute atomic E-state index is 0.0536. The van der Waals surface area contributed by atoms with Crippen LogP contribution in [0.3, 0.4) is 0 Å². The van der Waals surface area contributed by atoms with Gasteiger partial charge in [-0.2, -0.15) is 0 Å². The van der Waals surface area contributed by atoms with Crippen LogP contribution in [-0.4, -0.2) is 26.5 Å². The van der Waals surface area contributed by atoms with Crippen LogP contribution < -0.4 is 9.47 Å². The highest BCUT2D eigenvalue weighted by atomic mass is 31.1. The van der Waals surface area contributed by atoms with Gasteiger partial charge in [-0.15, -0.1) is 0 Å². The lowest BCUT2D eigenvalue weighted by molar-refractivity contribution is 0.305. The molecule has 3 aromatic rings. The fraction of sp³-hybridized carbons (Fsp3) is 0.455. The molecule has 0 radical (unpaired) electrons. The maximum absolute atomic E-state index is 14.8. The second kappa shape index (κ2) is 14.7. The van der Waals surface area contributed by atoms with E-state index in [9.17, 15) is 4.39 Å². The van der Waals surface area contributed by atoms with Crippen LogP contribution in [0.2, 0.25) is 0 Å². The number of hydrogen-bond donors (Lipinski definition) is 0. The number of rotatable bonds is 11. The van der Waals surface area contributed by atoms with Crippen LogP contribution in [0.1, 0.15) is 63.6 Å². The van der Waals surface area contributed by atoms with E-state index in [0.29, 0.717) is 17.9 Å². The Bertz CT molecular complexity index is 1150. The van der Waals surface area contributed by atoms with Crippen molar-refractivity contribution in [2.45, 2.75) is 66.4 Å². The van der Waals surface area contributed by atoms with Gasteiger partial charge in [-0.1, -0.05) is 70.4 Å². The Hall–Kier alpha value is -2.42. The summed E-state index contributed by atoms with van der Waals surface area (Å²) in [5, 5.41) is 0. The molecule has 1 unspecified atom stereocenters. The Labute approximate surface area is 230 Å². The van der Waals surface area contributed by atoms with Gasteiger partial charge in [0.15, 0.2) is 0 Å². The number of hydrogen-bond acceptors (Lipinski definition) is 3. The van der Waals surface area contributed by atoms with Crippen molar-refractivity contribution in [2.24, 2.45) is 5.41 Å². The molecule has 3 nitrogen and oxygen atoms in total. The summed E-state index contributed by atoms with van der Waals surface area (Å²) in [6, 6.07) is 19.4. The normalized spacial score (nSPS) is 13.3. The molecular formula is C33H44FO3P. The van der Waals surface area contributed by atoms with E-state index in [4.69, 9.17) is 14.0 Å². The zero-order valence-electron chi connectivity index (χ0n) is 24.0. The fourth-order valence-electron chi connectivity index (χ4n) is 4.08. The zero-order valence-corrected chi connectivity index (χ0v) is 24.9. The molecule has 0 bridgehead atoms. The average Bonchev–Trinajstić information content (AvgIpc) is 3.76. The van der Waals surface area contributed by atoms with Crippen molar-refractivity contribution >= 4 is 8.15 Å². The van der Waals surface area contributed by atoms with E-state index in [-0.39, 0.29) is 19.4 Å². The van der Waals surface area contributed by atoms with Crippen LogP contribution in [0.5, 0.6) is 11.5 Å². The molecule has 0 amide bonds. The van der Waals surface area contributed by atoms with Crippen molar-refractivity contribution in [3.8, 4) is 22.6 Å². The van der Waals surface area contributed by atoms with Gasteiger partial charge in [-0.25, -0.2) is 4.39 Å². The maximum atomic E-state index is 14.8. The first-order valence-corrected chi connectivity index (χ1v) is 15.6. The Morgan fingerprint density at radius 1 is 0.868 bits per heavy atom. The van der Waals surface area contributed by atoms with E-state index in [1.807, 2.05) is 31.2 Å². The molecule has 1 aliphatic carbocycles. The van der Waals surface area contributed by atoms with Crippen LogP contribution in [0.15, 0.2) is 60.7 Å². The van der Waals surface area contributed by atoms with Gasteiger partial charge >= 0.3 is 0 Å². The number of ether oxygens (including phenoxy) is 2. The van der Waals surface area contributed by atoms with Gasteiger partial charge in [0.1, 0.15) is 23.9 Å². The molecule has 206 valence electrons. The van der Waals surface area contributed by atoms with Gasteiger partial charge in [0.2, 0.25) is 0 Å². The van der Waals surface area contributed by atoms with Crippen LogP contribution in [0.4, 0.5) is 4.39 Å². The fourth-order valence-corrected chi connectivity index (χ4v) is 5.23. The van der Waals surface area contributed by atoms with E-state index in [2.05, 4.69) is 45.6 Å². The Morgan fingerprint density at radius 2 is 1.63 bits per heavy atom. The number of halogens is 1. The molecule has 3 aromatic carbocycles. The second-order valence-corrected chi connectivity index (χ2v) is 13.1. The first kappa shape index (κ1) is 30.1.